The number of aliphatic hydroxyl groups excluding tert-OH is 1. The number of aliphatic hydroxyl groups is 1. The van der Waals surface area contributed by atoms with Crippen molar-refractivity contribution in [1.82, 2.24) is 0 Å². The molecule has 3 atom stereocenters. The lowest BCUT2D eigenvalue weighted by molar-refractivity contribution is -0.161. The number of hydrogen-bond acceptors (Lipinski definition) is 10. The second-order valence-corrected chi connectivity index (χ2v) is 20.5. The summed E-state index contributed by atoms with van der Waals surface area (Å²) in [6, 6.07) is 0. The molecular formula is C60H105O11P. The van der Waals surface area contributed by atoms with Crippen molar-refractivity contribution in [3.8, 4) is 0 Å². The number of carbonyl (C=O) groups excluding carboxylic acids is 3. The SMILES string of the molecule is CC/C=C\C/C=C\C/C=C\C/C=C\C/C=C\CCCCCC(=O)OC(COC(=O)CCCCCCCCCCCCCCC)COP(=O)(O)OCC(CO)OC(=O)CCCCCCC/C=C\CCCCCC. The lowest BCUT2D eigenvalue weighted by atomic mass is 10.0. The van der Waals surface area contributed by atoms with E-state index >= 15 is 0 Å². The zero-order valence-corrected chi connectivity index (χ0v) is 46.8. The number of ether oxygens (including phenoxy) is 3. The first-order valence-corrected chi connectivity index (χ1v) is 30.3. The van der Waals surface area contributed by atoms with E-state index in [0.29, 0.717) is 19.3 Å². The van der Waals surface area contributed by atoms with Crippen LogP contribution in [0.4, 0.5) is 0 Å². The Hall–Kier alpha value is -3.08. The third-order valence-corrected chi connectivity index (χ3v) is 13.1. The minimum Gasteiger partial charge on any atom is -0.462 e. The first-order valence-electron chi connectivity index (χ1n) is 28.8. The molecule has 0 rings (SSSR count). The Morgan fingerprint density at radius 2 is 0.722 bits per heavy atom. The van der Waals surface area contributed by atoms with E-state index < -0.39 is 57.8 Å². The molecule has 0 aliphatic heterocycles. The summed E-state index contributed by atoms with van der Waals surface area (Å²) in [7, 11) is -4.76. The predicted molar refractivity (Wildman–Crippen MR) is 298 cm³/mol. The Kier molecular flexibility index (Phi) is 51.9. The van der Waals surface area contributed by atoms with Crippen LogP contribution in [0.2, 0.25) is 0 Å². The highest BCUT2D eigenvalue weighted by atomic mass is 31.2. The Morgan fingerprint density at radius 1 is 0.403 bits per heavy atom. The van der Waals surface area contributed by atoms with E-state index in [2.05, 4.69) is 93.7 Å². The van der Waals surface area contributed by atoms with Gasteiger partial charge in [-0.2, -0.15) is 0 Å². The minimum atomic E-state index is -4.76. The summed E-state index contributed by atoms with van der Waals surface area (Å²) >= 11 is 0. The van der Waals surface area contributed by atoms with Gasteiger partial charge in [-0.05, 0) is 89.9 Å². The number of phosphoric ester groups is 1. The Labute approximate surface area is 439 Å². The van der Waals surface area contributed by atoms with Gasteiger partial charge in [0.15, 0.2) is 6.10 Å². The number of carbonyl (C=O) groups is 3. The van der Waals surface area contributed by atoms with Crippen molar-refractivity contribution in [1.29, 1.82) is 0 Å². The average Bonchev–Trinajstić information content (AvgIpc) is 3.37. The molecule has 0 fully saturated rings. The number of hydrogen-bond donors (Lipinski definition) is 2. The fraction of sp³-hybridized carbons (Fsp3) is 0.750. The molecule has 0 saturated carbocycles. The van der Waals surface area contributed by atoms with Crippen LogP contribution in [0.25, 0.3) is 0 Å². The molecule has 0 aliphatic rings. The topological polar surface area (TPSA) is 155 Å². The maximum Gasteiger partial charge on any atom is 0.472 e. The molecule has 416 valence electrons. The summed E-state index contributed by atoms with van der Waals surface area (Å²) in [4.78, 5) is 48.5. The summed E-state index contributed by atoms with van der Waals surface area (Å²) in [6.45, 7) is 4.48. The van der Waals surface area contributed by atoms with Gasteiger partial charge in [-0.3, -0.25) is 23.4 Å². The van der Waals surface area contributed by atoms with Crippen molar-refractivity contribution in [2.24, 2.45) is 0 Å². The van der Waals surface area contributed by atoms with Gasteiger partial charge in [-0.25, -0.2) is 4.57 Å². The van der Waals surface area contributed by atoms with Gasteiger partial charge in [0, 0.05) is 19.3 Å². The van der Waals surface area contributed by atoms with Gasteiger partial charge in [0.1, 0.15) is 12.7 Å². The molecule has 0 aliphatic carbocycles. The van der Waals surface area contributed by atoms with E-state index in [1.54, 1.807) is 0 Å². The van der Waals surface area contributed by atoms with Crippen LogP contribution >= 0.6 is 7.82 Å². The normalized spacial score (nSPS) is 13.9. The fourth-order valence-electron chi connectivity index (χ4n) is 7.73. The third-order valence-electron chi connectivity index (χ3n) is 12.1. The molecule has 11 nitrogen and oxygen atoms in total. The Balaban J connectivity index is 4.78. The van der Waals surface area contributed by atoms with Crippen LogP contribution in [0.15, 0.2) is 72.9 Å². The van der Waals surface area contributed by atoms with E-state index in [9.17, 15) is 28.9 Å². The molecule has 0 spiro atoms. The maximum absolute atomic E-state index is 12.9. The first-order chi connectivity index (χ1) is 35.2. The molecule has 0 saturated heterocycles. The monoisotopic (exact) mass is 1030 g/mol. The van der Waals surface area contributed by atoms with Crippen molar-refractivity contribution >= 4 is 25.7 Å². The van der Waals surface area contributed by atoms with Crippen molar-refractivity contribution in [2.75, 3.05) is 26.4 Å². The number of unbranched alkanes of at least 4 members (excludes halogenated alkanes) is 24. The van der Waals surface area contributed by atoms with Gasteiger partial charge in [0.25, 0.3) is 0 Å². The summed E-state index contributed by atoms with van der Waals surface area (Å²) in [5, 5.41) is 9.80. The largest absolute Gasteiger partial charge is 0.472 e. The molecular weight excluding hydrogens is 928 g/mol. The summed E-state index contributed by atoms with van der Waals surface area (Å²) < 4.78 is 39.5. The van der Waals surface area contributed by atoms with Crippen molar-refractivity contribution < 1.29 is 52.2 Å². The average molecular weight is 1030 g/mol. The van der Waals surface area contributed by atoms with Crippen LogP contribution in [0.3, 0.4) is 0 Å². The highest BCUT2D eigenvalue weighted by Gasteiger charge is 2.28. The second kappa shape index (κ2) is 54.2. The van der Waals surface area contributed by atoms with E-state index in [0.717, 1.165) is 109 Å². The van der Waals surface area contributed by atoms with Crippen molar-refractivity contribution in [3.05, 3.63) is 72.9 Å². The van der Waals surface area contributed by atoms with Crippen LogP contribution in [0.5, 0.6) is 0 Å². The zero-order chi connectivity index (χ0) is 52.7. The van der Waals surface area contributed by atoms with Gasteiger partial charge in [-0.15, -0.1) is 0 Å². The van der Waals surface area contributed by atoms with Crippen LogP contribution in [0, 0.1) is 0 Å². The molecule has 0 bridgehead atoms. The zero-order valence-electron chi connectivity index (χ0n) is 45.9. The predicted octanol–water partition coefficient (Wildman–Crippen LogP) is 16.9. The first kappa shape index (κ1) is 68.9. The van der Waals surface area contributed by atoms with E-state index in [1.165, 1.54) is 83.5 Å². The van der Waals surface area contributed by atoms with Crippen LogP contribution in [-0.4, -0.2) is 66.5 Å². The van der Waals surface area contributed by atoms with Crippen molar-refractivity contribution in [3.63, 3.8) is 0 Å². The molecule has 0 amide bonds. The van der Waals surface area contributed by atoms with Crippen LogP contribution < -0.4 is 0 Å². The van der Waals surface area contributed by atoms with Crippen LogP contribution in [-0.2, 0) is 42.2 Å². The number of phosphoric acid groups is 1. The minimum absolute atomic E-state index is 0.128. The third kappa shape index (κ3) is 51.8. The molecule has 72 heavy (non-hydrogen) atoms. The Bertz CT molecular complexity index is 1490. The highest BCUT2D eigenvalue weighted by Crippen LogP contribution is 2.43. The molecule has 2 N–H and O–H groups in total. The summed E-state index contributed by atoms with van der Waals surface area (Å²) in [6.07, 6.45) is 60.0. The maximum atomic E-state index is 12.9. The molecule has 12 heteroatoms. The van der Waals surface area contributed by atoms with E-state index in [1.807, 2.05) is 0 Å². The van der Waals surface area contributed by atoms with Crippen molar-refractivity contribution in [2.45, 2.75) is 264 Å². The number of allylic oxidation sites excluding steroid dienone is 12. The quantitative estimate of drug-likeness (QED) is 0.0197. The van der Waals surface area contributed by atoms with E-state index in [4.69, 9.17) is 23.3 Å². The lowest BCUT2D eigenvalue weighted by Gasteiger charge is -2.21. The standard InChI is InChI=1S/C60H105O11P/c1-4-7-10-13-16-19-22-25-26-27-28-29-30-33-36-39-42-45-48-51-60(64)71-57(53-67-58(62)49-46-43-40-37-34-31-23-20-17-14-11-8-5-2)55-69-72(65,66)68-54-56(52-61)70-59(63)50-47-44-41-38-35-32-24-21-18-15-12-9-6-3/h7,10,16,19,21,24-26,28-29,33,36,56-57,61H,4-6,8-9,11-15,17-18,20,22-23,27,30-32,34-35,37-55H2,1-3H3,(H,65,66)/b10-7-,19-16-,24-21-,26-25-,29-28-,36-33-. The van der Waals surface area contributed by atoms with Gasteiger partial charge in [0.05, 0.1) is 19.8 Å². The molecule has 0 heterocycles. The molecule has 0 radical (unpaired) electrons. The lowest BCUT2D eigenvalue weighted by Crippen LogP contribution is -2.30. The van der Waals surface area contributed by atoms with Gasteiger partial charge in [0.2, 0.25) is 0 Å². The molecule has 0 aromatic rings. The second-order valence-electron chi connectivity index (χ2n) is 19.1. The Morgan fingerprint density at radius 3 is 1.15 bits per heavy atom. The molecule has 0 aromatic carbocycles. The molecule has 3 unspecified atom stereocenters. The smallest absolute Gasteiger partial charge is 0.462 e. The summed E-state index contributed by atoms with van der Waals surface area (Å²) in [5.41, 5.74) is 0. The van der Waals surface area contributed by atoms with Crippen LogP contribution in [0.1, 0.15) is 252 Å². The fourth-order valence-corrected chi connectivity index (χ4v) is 8.51. The van der Waals surface area contributed by atoms with Gasteiger partial charge >= 0.3 is 25.7 Å². The van der Waals surface area contributed by atoms with Gasteiger partial charge in [-0.1, -0.05) is 216 Å². The number of rotatable bonds is 53. The number of esters is 3. The highest BCUT2D eigenvalue weighted by molar-refractivity contribution is 7.47. The van der Waals surface area contributed by atoms with E-state index in [-0.39, 0.29) is 25.9 Å². The van der Waals surface area contributed by atoms with Gasteiger partial charge < -0.3 is 24.2 Å². The molecule has 0 aromatic heterocycles. The summed E-state index contributed by atoms with van der Waals surface area (Å²) in [5.74, 6) is -1.51.